The van der Waals surface area contributed by atoms with Crippen LogP contribution < -0.4 is 5.32 Å². The molecule has 0 atom stereocenters. The lowest BCUT2D eigenvalue weighted by Gasteiger charge is -2.07. The smallest absolute Gasteiger partial charge is 0.224 e. The van der Waals surface area contributed by atoms with Crippen molar-refractivity contribution in [1.82, 2.24) is 4.57 Å². The monoisotopic (exact) mass is 267 g/mol. The Kier molecular flexibility index (Phi) is 4.21. The first-order chi connectivity index (χ1) is 9.65. The second-order valence-electron chi connectivity index (χ2n) is 4.65. The molecule has 0 aliphatic rings. The predicted octanol–water partition coefficient (Wildman–Crippen LogP) is 3.30. The van der Waals surface area contributed by atoms with Crippen LogP contribution in [0.15, 0.2) is 36.4 Å². The van der Waals surface area contributed by atoms with Gasteiger partial charge in [-0.1, -0.05) is 19.1 Å². The molecule has 4 nitrogen and oxygen atoms in total. The van der Waals surface area contributed by atoms with Crippen LogP contribution in [0.5, 0.6) is 0 Å². The molecule has 20 heavy (non-hydrogen) atoms. The third-order valence-electron chi connectivity index (χ3n) is 3.18. The molecule has 4 heteroatoms. The molecule has 0 fully saturated rings. The van der Waals surface area contributed by atoms with Gasteiger partial charge in [-0.15, -0.1) is 0 Å². The summed E-state index contributed by atoms with van der Waals surface area (Å²) in [4.78, 5) is 11.5. The van der Waals surface area contributed by atoms with E-state index >= 15 is 0 Å². The van der Waals surface area contributed by atoms with Crippen molar-refractivity contribution in [3.8, 4) is 17.3 Å². The molecule has 102 valence electrons. The van der Waals surface area contributed by atoms with Crippen molar-refractivity contribution in [2.75, 3.05) is 5.32 Å². The second kappa shape index (κ2) is 6.07. The molecule has 0 aliphatic carbocycles. The fourth-order valence-corrected chi connectivity index (χ4v) is 2.09. The molecule has 0 saturated carbocycles. The molecule has 0 spiro atoms. The van der Waals surface area contributed by atoms with E-state index in [1.54, 1.807) is 6.07 Å². The highest BCUT2D eigenvalue weighted by Gasteiger charge is 2.07. The maximum Gasteiger partial charge on any atom is 0.224 e. The van der Waals surface area contributed by atoms with Crippen LogP contribution in [-0.2, 0) is 11.8 Å². The van der Waals surface area contributed by atoms with Gasteiger partial charge in [0.2, 0.25) is 5.91 Å². The molecule has 1 heterocycles. The van der Waals surface area contributed by atoms with E-state index in [1.165, 1.54) is 0 Å². The van der Waals surface area contributed by atoms with Gasteiger partial charge in [0.25, 0.3) is 0 Å². The van der Waals surface area contributed by atoms with Crippen LogP contribution in [0.1, 0.15) is 25.5 Å². The zero-order valence-electron chi connectivity index (χ0n) is 11.7. The molecule has 1 aromatic carbocycles. The minimum atomic E-state index is 0.0332. The molecule has 0 unspecified atom stereocenters. The van der Waals surface area contributed by atoms with Crippen LogP contribution in [0.2, 0.25) is 0 Å². The summed E-state index contributed by atoms with van der Waals surface area (Å²) in [5, 5.41) is 11.8. The highest BCUT2D eigenvalue weighted by Crippen LogP contribution is 2.23. The molecule has 1 N–H and O–H groups in total. The third kappa shape index (κ3) is 2.89. The number of carbonyl (C=O) groups excluding carboxylic acids is 1. The first-order valence-corrected chi connectivity index (χ1v) is 6.61. The van der Waals surface area contributed by atoms with E-state index in [1.807, 2.05) is 48.9 Å². The molecule has 1 amide bonds. The summed E-state index contributed by atoms with van der Waals surface area (Å²) in [5.41, 5.74) is 3.41. The number of hydrogen-bond donors (Lipinski definition) is 1. The van der Waals surface area contributed by atoms with Crippen molar-refractivity contribution in [3.63, 3.8) is 0 Å². The van der Waals surface area contributed by atoms with Gasteiger partial charge in [0.05, 0.1) is 0 Å². The van der Waals surface area contributed by atoms with Gasteiger partial charge >= 0.3 is 0 Å². The quantitative estimate of drug-likeness (QED) is 0.924. The Morgan fingerprint density at radius 2 is 1.95 bits per heavy atom. The van der Waals surface area contributed by atoms with Crippen molar-refractivity contribution in [2.45, 2.75) is 19.8 Å². The lowest BCUT2D eigenvalue weighted by atomic mass is 10.1. The number of carbonyl (C=O) groups is 1. The predicted molar refractivity (Wildman–Crippen MR) is 79.1 cm³/mol. The van der Waals surface area contributed by atoms with Crippen LogP contribution >= 0.6 is 0 Å². The lowest BCUT2D eigenvalue weighted by molar-refractivity contribution is -0.116. The zero-order valence-corrected chi connectivity index (χ0v) is 11.7. The number of nitrogens with one attached hydrogen (secondary N) is 1. The molecule has 2 rings (SSSR count). The number of hydrogen-bond acceptors (Lipinski definition) is 2. The summed E-state index contributed by atoms with van der Waals surface area (Å²) in [6.07, 6.45) is 1.37. The Balaban J connectivity index is 2.18. The van der Waals surface area contributed by atoms with E-state index in [4.69, 9.17) is 5.26 Å². The first-order valence-electron chi connectivity index (χ1n) is 6.61. The average Bonchev–Trinajstić information content (AvgIpc) is 2.81. The molecule has 2 aromatic rings. The van der Waals surface area contributed by atoms with E-state index in [0.29, 0.717) is 12.1 Å². The zero-order chi connectivity index (χ0) is 14.5. The van der Waals surface area contributed by atoms with Gasteiger partial charge in [0.15, 0.2) is 0 Å². The molecule has 0 bridgehead atoms. The Labute approximate surface area is 118 Å². The van der Waals surface area contributed by atoms with Crippen molar-refractivity contribution in [3.05, 3.63) is 42.1 Å². The first kappa shape index (κ1) is 13.9. The van der Waals surface area contributed by atoms with Crippen molar-refractivity contribution >= 4 is 11.6 Å². The van der Waals surface area contributed by atoms with Crippen LogP contribution in [0.4, 0.5) is 5.69 Å². The van der Waals surface area contributed by atoms with Gasteiger partial charge in [0, 0.05) is 24.8 Å². The van der Waals surface area contributed by atoms with Crippen LogP contribution in [0.3, 0.4) is 0 Å². The molecule has 0 saturated heterocycles. The maximum atomic E-state index is 11.5. The SMILES string of the molecule is CCCC(=O)Nc1ccc(-c2ccc(C#N)n2C)cc1. The summed E-state index contributed by atoms with van der Waals surface area (Å²) in [7, 11) is 1.87. The van der Waals surface area contributed by atoms with E-state index in [-0.39, 0.29) is 5.91 Å². The lowest BCUT2D eigenvalue weighted by Crippen LogP contribution is -2.10. The summed E-state index contributed by atoms with van der Waals surface area (Å²) in [6, 6.07) is 13.5. The summed E-state index contributed by atoms with van der Waals surface area (Å²) < 4.78 is 1.85. The molecule has 0 aliphatic heterocycles. The van der Waals surface area contributed by atoms with E-state index in [2.05, 4.69) is 11.4 Å². The van der Waals surface area contributed by atoms with Gasteiger partial charge in [-0.2, -0.15) is 5.26 Å². The molecular weight excluding hydrogens is 250 g/mol. The summed E-state index contributed by atoms with van der Waals surface area (Å²) in [5.74, 6) is 0.0332. The minimum absolute atomic E-state index is 0.0332. The average molecular weight is 267 g/mol. The van der Waals surface area contributed by atoms with Crippen LogP contribution in [0.25, 0.3) is 11.3 Å². The topological polar surface area (TPSA) is 57.8 Å². The number of aromatic nitrogens is 1. The Bertz CT molecular complexity index is 647. The Morgan fingerprint density at radius 3 is 2.50 bits per heavy atom. The maximum absolute atomic E-state index is 11.5. The van der Waals surface area contributed by atoms with Crippen molar-refractivity contribution < 1.29 is 4.79 Å². The second-order valence-corrected chi connectivity index (χ2v) is 4.65. The number of nitrogens with zero attached hydrogens (tertiary/aromatic N) is 2. The van der Waals surface area contributed by atoms with Crippen molar-refractivity contribution in [2.24, 2.45) is 7.05 Å². The minimum Gasteiger partial charge on any atom is -0.335 e. The van der Waals surface area contributed by atoms with E-state index < -0.39 is 0 Å². The fourth-order valence-electron chi connectivity index (χ4n) is 2.09. The summed E-state index contributed by atoms with van der Waals surface area (Å²) >= 11 is 0. The van der Waals surface area contributed by atoms with Gasteiger partial charge in [-0.3, -0.25) is 4.79 Å². The highest BCUT2D eigenvalue weighted by atomic mass is 16.1. The number of benzene rings is 1. The van der Waals surface area contributed by atoms with Gasteiger partial charge in [-0.25, -0.2) is 0 Å². The Morgan fingerprint density at radius 1 is 1.25 bits per heavy atom. The van der Waals surface area contributed by atoms with Crippen LogP contribution in [0, 0.1) is 11.3 Å². The standard InChI is InChI=1S/C16H17N3O/c1-3-4-16(20)18-13-7-5-12(6-8-13)15-10-9-14(11-17)19(15)2/h5-10H,3-4H2,1-2H3,(H,18,20). The number of amides is 1. The largest absolute Gasteiger partial charge is 0.335 e. The molecule has 0 radical (unpaired) electrons. The normalized spacial score (nSPS) is 10.1. The third-order valence-corrected chi connectivity index (χ3v) is 3.18. The van der Waals surface area contributed by atoms with Gasteiger partial charge in [0.1, 0.15) is 11.8 Å². The van der Waals surface area contributed by atoms with E-state index in [0.717, 1.165) is 23.4 Å². The number of nitriles is 1. The molecule has 1 aromatic heterocycles. The van der Waals surface area contributed by atoms with E-state index in [9.17, 15) is 4.79 Å². The highest BCUT2D eigenvalue weighted by molar-refractivity contribution is 5.90. The molecular formula is C16H17N3O. The van der Waals surface area contributed by atoms with Crippen molar-refractivity contribution in [1.29, 1.82) is 5.26 Å². The van der Waals surface area contributed by atoms with Gasteiger partial charge < -0.3 is 9.88 Å². The fraction of sp³-hybridized carbons (Fsp3) is 0.250. The van der Waals surface area contributed by atoms with Crippen LogP contribution in [-0.4, -0.2) is 10.5 Å². The Hall–Kier alpha value is -2.54. The number of anilines is 1. The summed E-state index contributed by atoms with van der Waals surface area (Å²) in [6.45, 7) is 1.98. The van der Waals surface area contributed by atoms with Gasteiger partial charge in [-0.05, 0) is 36.2 Å². The number of rotatable bonds is 4.